The minimum Gasteiger partial charge on any atom is -0.550 e. The highest BCUT2D eigenvalue weighted by Crippen LogP contribution is 2.31. The molecule has 19 N–H and O–H groups in total. The maximum Gasteiger partial charge on any atom is 0.287 e. The highest BCUT2D eigenvalue weighted by atomic mass is 33.1. The summed E-state index contributed by atoms with van der Waals surface area (Å²) < 4.78 is 0. The number of nitrogens with zero attached hydrogens (tertiary/aromatic N) is 2. The van der Waals surface area contributed by atoms with E-state index in [0.29, 0.717) is 41.1 Å². The van der Waals surface area contributed by atoms with Gasteiger partial charge in [-0.2, -0.15) is 0 Å². The number of primary amides is 1. The van der Waals surface area contributed by atoms with Gasteiger partial charge in [0.25, 0.3) is 5.69 Å². The Morgan fingerprint density at radius 1 is 0.400 bits per heavy atom. The fourth-order valence-electron chi connectivity index (χ4n) is 12.6. The number of ketones is 1. The lowest BCUT2D eigenvalue weighted by molar-refractivity contribution is -0.385. The number of nitrogens with two attached hydrogens (primary N) is 2. The molecule has 0 aliphatic carbocycles. The quantitative estimate of drug-likeness (QED) is 0.0105. The van der Waals surface area contributed by atoms with Gasteiger partial charge in [-0.1, -0.05) is 223 Å². The first-order valence-electron chi connectivity index (χ1n) is 40.3. The van der Waals surface area contributed by atoms with Crippen molar-refractivity contribution in [1.82, 2.24) is 68.8 Å². The van der Waals surface area contributed by atoms with Gasteiger partial charge in [-0.05, 0) is 102 Å². The number of rotatable bonds is 50. The number of hydrogen-bond donors (Lipinski definition) is 15. The molecule has 0 aliphatic rings. The number of carboxylic acid groups (broad SMARTS) is 1. The lowest BCUT2D eigenvalue weighted by Crippen LogP contribution is -2.58. The molecule has 0 spiro atoms. The van der Waals surface area contributed by atoms with E-state index in [-0.39, 0.29) is 68.6 Å². The number of carbonyl (C=O) groups is 14. The lowest BCUT2D eigenvalue weighted by Gasteiger charge is -2.26. The molecule has 5 unspecified atom stereocenters. The Balaban J connectivity index is 0.000000343. The Labute approximate surface area is 730 Å². The lowest BCUT2D eigenvalue weighted by atomic mass is 10.0. The van der Waals surface area contributed by atoms with Crippen LogP contribution in [0, 0.1) is 10.1 Å². The number of unbranched alkanes of at least 4 members (excludes halogenated alkanes) is 1. The number of hydrogen-bond acceptors (Lipinski definition) is 22. The molecule has 0 radical (unpaired) electrons. The molecule has 1 aromatic heterocycles. The second-order valence-corrected chi connectivity index (χ2v) is 31.4. The minimum atomic E-state index is -1.48. The SMILES string of the molecule is CC(=O)C(Cc1ccccc1)NC(=O)CNC(=O)C(Cc1ccccc1)NC(=O)[C@H](CCCC[NH3+])NC(=O)C(Cc1ccccc1)NC(=O)CNC(=O)C(N)Cc1ccccc1.CN[C@@H](CC(=O)[O-])C(=O)NC(Cc1ccccc1)C(=O)NCC(=O)N[C@@H](Cc1ccccc1)C(=O)N[C@@H](CSSc1ccc([N+](=O)[O-])cn1)C(=O)N[C@@H](Cc1ccccc1)C(N)=O. The van der Waals surface area contributed by atoms with Crippen LogP contribution >= 0.6 is 21.6 Å². The molecule has 0 bridgehead atoms. The summed E-state index contributed by atoms with van der Waals surface area (Å²) in [5.41, 5.74) is 20.6. The van der Waals surface area contributed by atoms with Crippen molar-refractivity contribution in [2.75, 3.05) is 39.0 Å². The molecule has 8 aromatic rings. The number of nitro groups is 1. The number of carbonyl (C=O) groups excluding carboxylic acids is 14. The van der Waals surface area contributed by atoms with Crippen LogP contribution in [0.3, 0.4) is 0 Å². The van der Waals surface area contributed by atoms with Gasteiger partial charge in [-0.15, -0.1) is 0 Å². The van der Waals surface area contributed by atoms with Gasteiger partial charge in [0.1, 0.15) is 53.5 Å². The van der Waals surface area contributed by atoms with Gasteiger partial charge in [0, 0.05) is 56.3 Å². The van der Waals surface area contributed by atoms with Crippen molar-refractivity contribution in [3.05, 3.63) is 280 Å². The van der Waals surface area contributed by atoms with Gasteiger partial charge in [0.2, 0.25) is 70.9 Å². The van der Waals surface area contributed by atoms with E-state index in [1.54, 1.807) is 140 Å². The molecule has 12 amide bonds. The molecule has 0 fully saturated rings. The van der Waals surface area contributed by atoms with Gasteiger partial charge >= 0.3 is 0 Å². The van der Waals surface area contributed by atoms with Gasteiger partial charge in [0.05, 0.1) is 49.2 Å². The Kier molecular flexibility index (Phi) is 42.1. The van der Waals surface area contributed by atoms with E-state index < -0.39 is 168 Å². The van der Waals surface area contributed by atoms with Gasteiger partial charge in [0.15, 0.2) is 5.78 Å². The van der Waals surface area contributed by atoms with Crippen LogP contribution in [0.5, 0.6) is 0 Å². The van der Waals surface area contributed by atoms with Crippen LogP contribution in [0.2, 0.25) is 0 Å². The van der Waals surface area contributed by atoms with Crippen molar-refractivity contribution in [2.45, 2.75) is 143 Å². The van der Waals surface area contributed by atoms with E-state index in [9.17, 15) is 82.3 Å². The third-order valence-corrected chi connectivity index (χ3v) is 21.5. The number of carboxylic acids is 1. The number of quaternary nitrogens is 1. The number of benzene rings is 7. The summed E-state index contributed by atoms with van der Waals surface area (Å²) >= 11 is 0. The highest BCUT2D eigenvalue weighted by molar-refractivity contribution is 8.76. The largest absolute Gasteiger partial charge is 0.550 e. The third kappa shape index (κ3) is 36.6. The van der Waals surface area contributed by atoms with Crippen LogP contribution in [-0.4, -0.2) is 192 Å². The van der Waals surface area contributed by atoms with E-state index in [1.165, 1.54) is 26.1 Å². The molecule has 1 heterocycles. The average molecular weight is 1750 g/mol. The maximum absolute atomic E-state index is 14.1. The van der Waals surface area contributed by atoms with E-state index in [4.69, 9.17) is 11.5 Å². The summed E-state index contributed by atoms with van der Waals surface area (Å²) in [5, 5.41) is 54.3. The zero-order valence-electron chi connectivity index (χ0n) is 69.0. The van der Waals surface area contributed by atoms with E-state index >= 15 is 0 Å². The van der Waals surface area contributed by atoms with E-state index in [1.807, 2.05) is 72.8 Å². The monoisotopic (exact) mass is 1750 g/mol. The fraction of sp³-hybridized carbons (Fsp3) is 0.315. The molecular formula is C89H105N17O17S2. The second-order valence-electron chi connectivity index (χ2n) is 29.0. The van der Waals surface area contributed by atoms with Crippen LogP contribution in [0.25, 0.3) is 0 Å². The number of nitrogens with one attached hydrogen (secondary N) is 12. The first-order chi connectivity index (χ1) is 60.1. The van der Waals surface area contributed by atoms with Crippen molar-refractivity contribution >= 4 is 110 Å². The number of aromatic nitrogens is 1. The Hall–Kier alpha value is -13.6. The topological polar surface area (TPSA) is 542 Å². The van der Waals surface area contributed by atoms with Crippen molar-refractivity contribution in [1.29, 1.82) is 0 Å². The molecule has 8 rings (SSSR count). The first kappa shape index (κ1) is 98.6. The smallest absolute Gasteiger partial charge is 0.287 e. The van der Waals surface area contributed by atoms with E-state index in [2.05, 4.69) is 74.5 Å². The summed E-state index contributed by atoms with van der Waals surface area (Å²) in [6, 6.07) is 53.9. The summed E-state index contributed by atoms with van der Waals surface area (Å²) in [4.78, 5) is 199. The Morgan fingerprint density at radius 3 is 1.07 bits per heavy atom. The van der Waals surface area contributed by atoms with Crippen LogP contribution in [-0.2, 0) is 112 Å². The number of likely N-dealkylation sites (N-methyl/N-ethyl adjacent to an activating group) is 1. The second kappa shape index (κ2) is 53.4. The normalized spacial score (nSPS) is 13.2. The molecule has 34 nitrogen and oxygen atoms in total. The molecule has 0 aliphatic heterocycles. The van der Waals surface area contributed by atoms with Crippen molar-refractivity contribution in [2.24, 2.45) is 11.5 Å². The van der Waals surface area contributed by atoms with Crippen LogP contribution in [0.15, 0.2) is 236 Å². The highest BCUT2D eigenvalue weighted by Gasteiger charge is 2.34. The van der Waals surface area contributed by atoms with E-state index in [0.717, 1.165) is 50.0 Å². The van der Waals surface area contributed by atoms with Crippen molar-refractivity contribution in [3.8, 4) is 0 Å². The Bertz CT molecular complexity index is 4860. The van der Waals surface area contributed by atoms with Gasteiger partial charge in [-0.25, -0.2) is 4.98 Å². The molecule has 0 saturated heterocycles. The molecule has 0 saturated carbocycles. The predicted molar refractivity (Wildman–Crippen MR) is 467 cm³/mol. The predicted octanol–water partition coefficient (Wildman–Crippen LogP) is 0.184. The molecule has 125 heavy (non-hydrogen) atoms. The van der Waals surface area contributed by atoms with Gasteiger partial charge in [-0.3, -0.25) is 72.4 Å². The molecule has 10 atom stereocenters. The number of Topliss-reactive ketones (excluding diaryl/α,β-unsaturated/α-hetero) is 1. The third-order valence-electron chi connectivity index (χ3n) is 19.3. The van der Waals surface area contributed by atoms with Crippen molar-refractivity contribution < 1.29 is 82.9 Å². The fourth-order valence-corrected chi connectivity index (χ4v) is 14.6. The zero-order chi connectivity index (χ0) is 90.4. The van der Waals surface area contributed by atoms with Crippen LogP contribution in [0.4, 0.5) is 5.69 Å². The molecular weight excluding hydrogens is 1640 g/mol. The first-order valence-corrected chi connectivity index (χ1v) is 42.6. The Morgan fingerprint density at radius 2 is 0.720 bits per heavy atom. The standard InChI is InChI=1S/C47H58N8O7.C42H47N9O10S2/c1-32(56)39(27-34-18-8-3-9-19-34)52-42(57)31-51-45(60)40(28-35-20-10-4-11-21-35)55-46(61)38(24-14-15-25-48)54-47(62)41(29-36-22-12-5-13-23-36)53-43(58)30-50-44(59)37(49)26-33-16-6-2-7-17-33;1-44-31(22-37(53)54)40(57)49-32(20-27-13-7-3-8-14-27)39(56)46-24-35(52)47-33(21-28-15-9-4-10-16-28)41(58)50-34(25-62-63-36-18-17-29(23-45-36)51(60)61)42(59)48-30(38(43)55)19-26-11-5-2-6-12-26/h2-13,16-23,37-41H,14-15,24-31,48-49H2,1H3,(H,50,59)(H,51,60)(H,52,57)(H,53,58)(H,54,62)(H,55,61);2-18,23,30-34,44H,19-22,24-25H2,1H3,(H2,43,55)(H,46,56)(H,47,52)(H,48,59)(H,49,57)(H,50,58)(H,53,54)/t37?,38-,39?,40?,41?;30-,31-,32?,33-,34-/m00/s1. The molecule has 36 heteroatoms. The maximum atomic E-state index is 14.1. The molecule has 7 aromatic carbocycles. The number of pyridine rings is 1. The zero-order valence-corrected chi connectivity index (χ0v) is 70.7. The van der Waals surface area contributed by atoms with Crippen molar-refractivity contribution in [3.63, 3.8) is 0 Å². The molecule has 660 valence electrons. The average Bonchev–Trinajstić information content (AvgIpc) is 0.867. The summed E-state index contributed by atoms with van der Waals surface area (Å²) in [6.07, 6.45) is 2.47. The summed E-state index contributed by atoms with van der Waals surface area (Å²) in [7, 11) is 3.54. The van der Waals surface area contributed by atoms with Crippen LogP contribution < -0.4 is 86.1 Å². The van der Waals surface area contributed by atoms with Gasteiger partial charge < -0.3 is 90.9 Å². The minimum absolute atomic E-state index is 0.0111. The van der Waals surface area contributed by atoms with Crippen LogP contribution in [0.1, 0.15) is 71.6 Å². The number of amides is 12. The summed E-state index contributed by atoms with van der Waals surface area (Å²) in [6.45, 7) is 0.428. The summed E-state index contributed by atoms with van der Waals surface area (Å²) in [5.74, 6) is -10.3. The number of aliphatic carboxylic acids is 1.